The fourth-order valence-corrected chi connectivity index (χ4v) is 2.78. The topological polar surface area (TPSA) is 85.7 Å². The molecule has 8 heteroatoms. The van der Waals surface area contributed by atoms with E-state index in [0.29, 0.717) is 5.75 Å². The van der Waals surface area contributed by atoms with Gasteiger partial charge in [-0.25, -0.2) is 9.78 Å². The zero-order chi connectivity index (χ0) is 18.8. The van der Waals surface area contributed by atoms with E-state index in [0.717, 1.165) is 11.0 Å². The Morgan fingerprint density at radius 3 is 2.28 bits per heavy atom. The van der Waals surface area contributed by atoms with Gasteiger partial charge in [-0.2, -0.15) is 0 Å². The summed E-state index contributed by atoms with van der Waals surface area (Å²) in [6.07, 6.45) is 3.31. The lowest BCUT2D eigenvalue weighted by Crippen LogP contribution is -2.41. The van der Waals surface area contributed by atoms with Crippen molar-refractivity contribution in [2.75, 3.05) is 5.75 Å². The molecule has 0 bridgehead atoms. The Morgan fingerprint density at radius 1 is 1.24 bits per heavy atom. The van der Waals surface area contributed by atoms with Crippen molar-refractivity contribution in [2.45, 2.75) is 45.8 Å². The van der Waals surface area contributed by atoms with E-state index >= 15 is 0 Å². The zero-order valence-corrected chi connectivity index (χ0v) is 15.8. The van der Waals surface area contributed by atoms with Gasteiger partial charge >= 0.3 is 13.1 Å². The van der Waals surface area contributed by atoms with Crippen LogP contribution in [-0.2, 0) is 14.1 Å². The molecule has 1 aliphatic rings. The molecule has 1 saturated heterocycles. The number of carbonyl (C=O) groups is 2. The van der Waals surface area contributed by atoms with Crippen LogP contribution < -0.4 is 0 Å². The van der Waals surface area contributed by atoms with Gasteiger partial charge < -0.3 is 14.4 Å². The molecule has 1 aliphatic heterocycles. The Balaban J connectivity index is 2.29. The van der Waals surface area contributed by atoms with Gasteiger partial charge in [-0.1, -0.05) is 23.9 Å². The molecule has 1 N–H and O–H groups in total. The largest absolute Gasteiger partial charge is 0.491 e. The van der Waals surface area contributed by atoms with Crippen molar-refractivity contribution in [1.29, 1.82) is 0 Å². The fourth-order valence-electron chi connectivity index (χ4n) is 2.19. The van der Waals surface area contributed by atoms with Crippen LogP contribution in [-0.4, -0.2) is 45.2 Å². The quantitative estimate of drug-likeness (QED) is 0.805. The number of rotatable bonds is 5. The van der Waals surface area contributed by atoms with Crippen molar-refractivity contribution < 1.29 is 24.0 Å². The monoisotopic (exact) mass is 363 g/mol. The van der Waals surface area contributed by atoms with Gasteiger partial charge in [0.1, 0.15) is 5.69 Å². The first-order chi connectivity index (χ1) is 11.5. The Morgan fingerprint density at radius 2 is 1.84 bits per heavy atom. The highest BCUT2D eigenvalue weighted by atomic mass is 32.2. The predicted octanol–water partition coefficient (Wildman–Crippen LogP) is 3.07. The summed E-state index contributed by atoms with van der Waals surface area (Å²) in [7, 11) is -0.573. The second-order valence-corrected chi connectivity index (χ2v) is 8.02. The number of carbonyl (C=O) groups excluding carboxylic acids is 1. The molecular weight excluding hydrogens is 341 g/mol. The van der Waals surface area contributed by atoms with E-state index in [-0.39, 0.29) is 10.8 Å². The van der Waals surface area contributed by atoms with Crippen LogP contribution >= 0.6 is 11.8 Å². The molecule has 25 heavy (non-hydrogen) atoms. The molecule has 2 rings (SSSR count). The summed E-state index contributed by atoms with van der Waals surface area (Å²) < 4.78 is 12.1. The standard InChI is InChI=1S/C17H22BNO5S/c1-11(20)25-10-13(18-23-16(2,3)17(4,5)24-18)8-12-6-7-14(15(21)22)19-9-12/h6-9H,10H2,1-5H3,(H,21,22). The van der Waals surface area contributed by atoms with Crippen LogP contribution in [0, 0.1) is 0 Å². The van der Waals surface area contributed by atoms with Crippen LogP contribution in [0.3, 0.4) is 0 Å². The van der Waals surface area contributed by atoms with Crippen LogP contribution in [0.5, 0.6) is 0 Å². The van der Waals surface area contributed by atoms with E-state index < -0.39 is 24.3 Å². The van der Waals surface area contributed by atoms with Gasteiger partial charge in [-0.3, -0.25) is 4.79 Å². The smallest absolute Gasteiger partial charge is 0.477 e. The minimum absolute atomic E-state index is 0.00164. The first-order valence-electron chi connectivity index (χ1n) is 7.91. The lowest BCUT2D eigenvalue weighted by atomic mass is 9.78. The highest BCUT2D eigenvalue weighted by Gasteiger charge is 2.52. The molecule has 1 fully saturated rings. The molecule has 0 atom stereocenters. The Kier molecular flexibility index (Phi) is 5.76. The van der Waals surface area contributed by atoms with Gasteiger partial charge in [-0.05, 0) is 44.8 Å². The van der Waals surface area contributed by atoms with Crippen molar-refractivity contribution in [3.05, 3.63) is 35.1 Å². The Hall–Kier alpha value is -1.64. The van der Waals surface area contributed by atoms with E-state index in [1.165, 1.54) is 30.9 Å². The maximum atomic E-state index is 11.4. The summed E-state index contributed by atoms with van der Waals surface area (Å²) in [6, 6.07) is 3.11. The van der Waals surface area contributed by atoms with Crippen LogP contribution in [0.15, 0.2) is 23.8 Å². The van der Waals surface area contributed by atoms with E-state index in [1.54, 1.807) is 6.07 Å². The first kappa shape index (κ1) is 19.7. The number of aromatic nitrogens is 1. The molecule has 0 unspecified atom stereocenters. The van der Waals surface area contributed by atoms with Crippen molar-refractivity contribution in [3.8, 4) is 0 Å². The molecule has 0 saturated carbocycles. The molecule has 1 aromatic heterocycles. The summed E-state index contributed by atoms with van der Waals surface area (Å²) in [5.41, 5.74) is 0.529. The number of nitrogens with zero attached hydrogens (tertiary/aromatic N) is 1. The average molecular weight is 363 g/mol. The van der Waals surface area contributed by atoms with Gasteiger partial charge in [0.25, 0.3) is 0 Å². The third-order valence-electron chi connectivity index (χ3n) is 4.36. The molecule has 6 nitrogen and oxygen atoms in total. The number of carboxylic acid groups (broad SMARTS) is 1. The summed E-state index contributed by atoms with van der Waals surface area (Å²) in [5, 5.41) is 8.93. The van der Waals surface area contributed by atoms with Crippen molar-refractivity contribution in [1.82, 2.24) is 4.98 Å². The van der Waals surface area contributed by atoms with Gasteiger partial charge in [0.05, 0.1) is 11.2 Å². The maximum Gasteiger partial charge on any atom is 0.491 e. The number of hydrogen-bond donors (Lipinski definition) is 1. The molecule has 2 heterocycles. The van der Waals surface area contributed by atoms with Gasteiger partial charge in [0, 0.05) is 18.9 Å². The average Bonchev–Trinajstić information content (AvgIpc) is 2.72. The van der Waals surface area contributed by atoms with Crippen molar-refractivity contribution >= 4 is 36.0 Å². The van der Waals surface area contributed by atoms with Gasteiger partial charge in [0.2, 0.25) is 0 Å². The first-order valence-corrected chi connectivity index (χ1v) is 8.89. The number of aromatic carboxylic acids is 1. The highest BCUT2D eigenvalue weighted by molar-refractivity contribution is 8.13. The van der Waals surface area contributed by atoms with Gasteiger partial charge in [0.15, 0.2) is 5.12 Å². The van der Waals surface area contributed by atoms with Crippen LogP contribution in [0.1, 0.15) is 50.7 Å². The molecule has 134 valence electrons. The molecule has 0 amide bonds. The predicted molar refractivity (Wildman–Crippen MR) is 98.4 cm³/mol. The molecule has 0 aliphatic carbocycles. The number of thioether (sulfide) groups is 1. The summed E-state index contributed by atoms with van der Waals surface area (Å²) in [5.74, 6) is -0.652. The van der Waals surface area contributed by atoms with E-state index in [4.69, 9.17) is 14.4 Å². The lowest BCUT2D eigenvalue weighted by Gasteiger charge is -2.32. The minimum atomic E-state index is -1.08. The Bertz CT molecular complexity index is 683. The lowest BCUT2D eigenvalue weighted by molar-refractivity contribution is -0.109. The van der Waals surface area contributed by atoms with E-state index in [9.17, 15) is 9.59 Å². The van der Waals surface area contributed by atoms with Crippen LogP contribution in [0.2, 0.25) is 0 Å². The van der Waals surface area contributed by atoms with Crippen LogP contribution in [0.25, 0.3) is 6.08 Å². The number of hydrogen-bond acceptors (Lipinski definition) is 6. The summed E-state index contributed by atoms with van der Waals surface area (Å²) in [6.45, 7) is 9.37. The van der Waals surface area contributed by atoms with Crippen molar-refractivity contribution in [3.63, 3.8) is 0 Å². The third kappa shape index (κ3) is 4.71. The Labute approximate surface area is 152 Å². The molecular formula is C17H22BNO5S. The fraction of sp³-hybridized carbons (Fsp3) is 0.471. The second kappa shape index (κ2) is 7.31. The second-order valence-electron chi connectivity index (χ2n) is 6.87. The SMILES string of the molecule is CC(=O)SCC(=Cc1ccc(C(=O)O)nc1)B1OC(C)(C)C(C)(C)O1. The zero-order valence-electron chi connectivity index (χ0n) is 15.0. The van der Waals surface area contributed by atoms with E-state index in [1.807, 2.05) is 33.8 Å². The number of carboxylic acids is 1. The van der Waals surface area contributed by atoms with Crippen LogP contribution in [0.4, 0.5) is 0 Å². The minimum Gasteiger partial charge on any atom is -0.477 e. The number of pyridine rings is 1. The van der Waals surface area contributed by atoms with Gasteiger partial charge in [-0.15, -0.1) is 0 Å². The molecule has 1 aromatic rings. The highest BCUT2D eigenvalue weighted by Crippen LogP contribution is 2.39. The molecule has 0 spiro atoms. The normalized spacial score (nSPS) is 19.1. The summed E-state index contributed by atoms with van der Waals surface area (Å²) in [4.78, 5) is 26.2. The molecule has 0 radical (unpaired) electrons. The maximum absolute atomic E-state index is 11.4. The third-order valence-corrected chi connectivity index (χ3v) is 5.24. The van der Waals surface area contributed by atoms with E-state index in [2.05, 4.69) is 4.98 Å². The molecule has 0 aromatic carbocycles. The van der Waals surface area contributed by atoms with Crippen molar-refractivity contribution in [2.24, 2.45) is 0 Å². The summed E-state index contributed by atoms with van der Waals surface area (Å²) >= 11 is 1.17.